The Morgan fingerprint density at radius 3 is 2.81 bits per heavy atom. The summed E-state index contributed by atoms with van der Waals surface area (Å²) in [5, 5.41) is 6.08. The van der Waals surface area contributed by atoms with E-state index < -0.39 is 0 Å². The molecular weight excluding hydrogens is 266 g/mol. The fourth-order valence-corrected chi connectivity index (χ4v) is 2.59. The van der Waals surface area contributed by atoms with Gasteiger partial charge in [0.2, 0.25) is 11.8 Å². The maximum Gasteiger partial charge on any atom is 0.239 e. The van der Waals surface area contributed by atoms with Gasteiger partial charge in [-0.25, -0.2) is 0 Å². The molecule has 5 heteroatoms. The summed E-state index contributed by atoms with van der Waals surface area (Å²) in [6.07, 6.45) is 0.720. The molecule has 2 N–H and O–H groups in total. The molecule has 2 amide bonds. The van der Waals surface area contributed by atoms with Gasteiger partial charge in [0.05, 0.1) is 12.5 Å². The van der Waals surface area contributed by atoms with E-state index >= 15 is 0 Å². The van der Waals surface area contributed by atoms with Crippen molar-refractivity contribution >= 4 is 17.5 Å². The third-order valence-electron chi connectivity index (χ3n) is 3.58. The monoisotopic (exact) mass is 289 g/mol. The molecule has 1 atom stereocenters. The predicted molar refractivity (Wildman–Crippen MR) is 83.0 cm³/mol. The lowest BCUT2D eigenvalue weighted by Crippen LogP contribution is -2.45. The number of hydrogen-bond donors (Lipinski definition) is 2. The predicted octanol–water partition coefficient (Wildman–Crippen LogP) is 1.25. The van der Waals surface area contributed by atoms with Crippen molar-refractivity contribution in [3.05, 3.63) is 29.8 Å². The van der Waals surface area contributed by atoms with Crippen LogP contribution in [-0.4, -0.2) is 42.9 Å². The number of likely N-dealkylation sites (N-methyl/N-ethyl adjacent to an activating group) is 1. The quantitative estimate of drug-likeness (QED) is 0.877. The maximum absolute atomic E-state index is 12.4. The van der Waals surface area contributed by atoms with Crippen molar-refractivity contribution in [3.8, 4) is 0 Å². The van der Waals surface area contributed by atoms with E-state index in [0.29, 0.717) is 6.54 Å². The summed E-state index contributed by atoms with van der Waals surface area (Å²) in [6, 6.07) is 8.11. The van der Waals surface area contributed by atoms with Crippen LogP contribution >= 0.6 is 0 Å². The van der Waals surface area contributed by atoms with Crippen molar-refractivity contribution in [2.75, 3.05) is 25.5 Å². The Morgan fingerprint density at radius 2 is 2.10 bits per heavy atom. The molecule has 1 aliphatic rings. The van der Waals surface area contributed by atoms with Crippen LogP contribution in [0.3, 0.4) is 0 Å². The first-order chi connectivity index (χ1) is 9.97. The van der Waals surface area contributed by atoms with E-state index in [9.17, 15) is 9.59 Å². The topological polar surface area (TPSA) is 61.4 Å². The molecule has 1 unspecified atom stereocenters. The van der Waals surface area contributed by atoms with Crippen LogP contribution < -0.4 is 10.6 Å². The van der Waals surface area contributed by atoms with Gasteiger partial charge < -0.3 is 15.5 Å². The average Bonchev–Trinajstić information content (AvgIpc) is 2.45. The molecule has 1 aromatic carbocycles. The molecule has 0 aromatic heterocycles. The van der Waals surface area contributed by atoms with Crippen molar-refractivity contribution in [2.45, 2.75) is 26.3 Å². The van der Waals surface area contributed by atoms with Gasteiger partial charge in [-0.2, -0.15) is 0 Å². The number of para-hydroxylation sites is 1. The minimum absolute atomic E-state index is 0.0101. The zero-order valence-corrected chi connectivity index (χ0v) is 12.8. The van der Waals surface area contributed by atoms with Gasteiger partial charge >= 0.3 is 0 Å². The van der Waals surface area contributed by atoms with E-state index in [4.69, 9.17) is 0 Å². The number of nitrogens with one attached hydrogen (secondary N) is 2. The summed E-state index contributed by atoms with van der Waals surface area (Å²) in [4.78, 5) is 25.7. The number of benzene rings is 1. The van der Waals surface area contributed by atoms with Crippen LogP contribution in [0.15, 0.2) is 24.3 Å². The number of anilines is 1. The number of nitrogens with zero attached hydrogens (tertiary/aromatic N) is 1. The van der Waals surface area contributed by atoms with Crippen molar-refractivity contribution < 1.29 is 9.59 Å². The van der Waals surface area contributed by atoms with Crippen molar-refractivity contribution in [1.82, 2.24) is 10.2 Å². The molecule has 0 fully saturated rings. The summed E-state index contributed by atoms with van der Waals surface area (Å²) in [5.74, 6) is -0.224. The molecule has 0 radical (unpaired) electrons. The molecular formula is C16H23N3O2. The highest BCUT2D eigenvalue weighted by atomic mass is 16.2. The van der Waals surface area contributed by atoms with Gasteiger partial charge in [-0.05, 0) is 31.9 Å². The van der Waals surface area contributed by atoms with E-state index in [1.807, 2.05) is 38.1 Å². The van der Waals surface area contributed by atoms with Gasteiger partial charge in [0, 0.05) is 25.3 Å². The SMILES string of the molecule is CC(C)NC(=O)CN(C)C(=O)C1CNc2ccccc2C1. The van der Waals surface area contributed by atoms with E-state index in [2.05, 4.69) is 10.6 Å². The molecule has 0 saturated heterocycles. The van der Waals surface area contributed by atoms with Gasteiger partial charge in [0.1, 0.15) is 0 Å². The van der Waals surface area contributed by atoms with Crippen LogP contribution in [-0.2, 0) is 16.0 Å². The summed E-state index contributed by atoms with van der Waals surface area (Å²) in [5.41, 5.74) is 2.25. The highest BCUT2D eigenvalue weighted by molar-refractivity contribution is 5.86. The molecule has 0 bridgehead atoms. The Balaban J connectivity index is 1.93. The molecule has 5 nitrogen and oxygen atoms in total. The Hall–Kier alpha value is -2.04. The average molecular weight is 289 g/mol. The minimum Gasteiger partial charge on any atom is -0.384 e. The Morgan fingerprint density at radius 1 is 1.38 bits per heavy atom. The molecule has 0 aliphatic carbocycles. The maximum atomic E-state index is 12.4. The van der Waals surface area contributed by atoms with Gasteiger partial charge in [0.15, 0.2) is 0 Å². The van der Waals surface area contributed by atoms with Gasteiger partial charge in [-0.1, -0.05) is 18.2 Å². The van der Waals surface area contributed by atoms with Crippen LogP contribution in [0.4, 0.5) is 5.69 Å². The smallest absolute Gasteiger partial charge is 0.239 e. The van der Waals surface area contributed by atoms with E-state index in [1.54, 1.807) is 7.05 Å². The minimum atomic E-state index is -0.120. The van der Waals surface area contributed by atoms with Crippen molar-refractivity contribution in [1.29, 1.82) is 0 Å². The highest BCUT2D eigenvalue weighted by Crippen LogP contribution is 2.25. The second-order valence-electron chi connectivity index (χ2n) is 5.86. The fourth-order valence-electron chi connectivity index (χ4n) is 2.59. The van der Waals surface area contributed by atoms with Crippen LogP contribution in [0.1, 0.15) is 19.4 Å². The molecule has 0 saturated carbocycles. The number of fused-ring (bicyclic) bond motifs is 1. The summed E-state index contributed by atoms with van der Waals surface area (Å²) in [7, 11) is 1.68. The van der Waals surface area contributed by atoms with Crippen LogP contribution in [0.5, 0.6) is 0 Å². The standard InChI is InChI=1S/C16H23N3O2/c1-11(2)18-15(20)10-19(3)16(21)13-8-12-6-4-5-7-14(12)17-9-13/h4-7,11,13,17H,8-10H2,1-3H3,(H,18,20). The molecule has 0 spiro atoms. The highest BCUT2D eigenvalue weighted by Gasteiger charge is 2.27. The third kappa shape index (κ3) is 3.97. The normalized spacial score (nSPS) is 16.9. The van der Waals surface area contributed by atoms with E-state index in [0.717, 1.165) is 17.7 Å². The lowest BCUT2D eigenvalue weighted by Gasteiger charge is -2.28. The van der Waals surface area contributed by atoms with Gasteiger partial charge in [-0.3, -0.25) is 9.59 Å². The first-order valence-corrected chi connectivity index (χ1v) is 7.33. The summed E-state index contributed by atoms with van der Waals surface area (Å²) in [6.45, 7) is 4.53. The van der Waals surface area contributed by atoms with E-state index in [-0.39, 0.29) is 30.3 Å². The fraction of sp³-hybridized carbons (Fsp3) is 0.500. The Bertz CT molecular complexity index is 528. The second-order valence-corrected chi connectivity index (χ2v) is 5.86. The van der Waals surface area contributed by atoms with Crippen LogP contribution in [0, 0.1) is 5.92 Å². The van der Waals surface area contributed by atoms with Crippen molar-refractivity contribution in [3.63, 3.8) is 0 Å². The molecule has 1 heterocycles. The first kappa shape index (κ1) is 15.4. The lowest BCUT2D eigenvalue weighted by molar-refractivity contribution is -0.137. The Labute approximate surface area is 125 Å². The van der Waals surface area contributed by atoms with Crippen LogP contribution in [0.25, 0.3) is 0 Å². The van der Waals surface area contributed by atoms with Gasteiger partial charge in [0.25, 0.3) is 0 Å². The number of hydrogen-bond acceptors (Lipinski definition) is 3. The van der Waals surface area contributed by atoms with Crippen LogP contribution in [0.2, 0.25) is 0 Å². The number of amides is 2. The molecule has 2 rings (SSSR count). The number of carbonyl (C=O) groups excluding carboxylic acids is 2. The largest absolute Gasteiger partial charge is 0.384 e. The zero-order valence-electron chi connectivity index (χ0n) is 12.8. The Kier molecular flexibility index (Phi) is 4.83. The third-order valence-corrected chi connectivity index (χ3v) is 3.58. The van der Waals surface area contributed by atoms with Gasteiger partial charge in [-0.15, -0.1) is 0 Å². The summed E-state index contributed by atoms with van der Waals surface area (Å²) >= 11 is 0. The molecule has 114 valence electrons. The lowest BCUT2D eigenvalue weighted by atomic mass is 9.93. The summed E-state index contributed by atoms with van der Waals surface area (Å²) < 4.78 is 0. The molecule has 1 aromatic rings. The molecule has 1 aliphatic heterocycles. The van der Waals surface area contributed by atoms with Crippen molar-refractivity contribution in [2.24, 2.45) is 5.92 Å². The molecule has 21 heavy (non-hydrogen) atoms. The number of carbonyl (C=O) groups is 2. The van der Waals surface area contributed by atoms with E-state index in [1.165, 1.54) is 4.90 Å². The number of rotatable bonds is 4. The first-order valence-electron chi connectivity index (χ1n) is 7.33. The zero-order chi connectivity index (χ0) is 15.4. The second kappa shape index (κ2) is 6.61.